The van der Waals surface area contributed by atoms with Crippen LogP contribution in [0, 0.1) is 0 Å². The van der Waals surface area contributed by atoms with Gasteiger partial charge in [-0.15, -0.1) is 0 Å². The molecule has 1 aliphatic heterocycles. The van der Waals surface area contributed by atoms with Gasteiger partial charge in [0.05, 0.1) is 11.8 Å². The number of carbonyl (C=O) groups is 1. The Kier molecular flexibility index (Phi) is 4.30. The van der Waals surface area contributed by atoms with E-state index in [0.29, 0.717) is 41.7 Å². The van der Waals surface area contributed by atoms with E-state index in [1.807, 2.05) is 17.0 Å². The molecule has 0 aliphatic carbocycles. The standard InChI is InChI=1S/C18H18N6O2/c19-14-4-2-1-3-13(14)18(25)24-9-5-12(6-10-24)17-22-16(23-26-17)15-11-20-7-8-21-15/h1-4,7-8,11-12H,5-6,9-10,19H2. The molecule has 0 radical (unpaired) electrons. The molecule has 1 aromatic carbocycles. The normalized spacial score (nSPS) is 15.2. The third kappa shape index (κ3) is 3.13. The minimum Gasteiger partial charge on any atom is -0.398 e. The van der Waals surface area contributed by atoms with Gasteiger partial charge in [0.25, 0.3) is 5.91 Å². The number of hydrogen-bond donors (Lipinski definition) is 1. The average molecular weight is 350 g/mol. The van der Waals surface area contributed by atoms with Crippen molar-refractivity contribution in [2.45, 2.75) is 18.8 Å². The maximum atomic E-state index is 12.6. The molecule has 1 saturated heterocycles. The fourth-order valence-electron chi connectivity index (χ4n) is 3.11. The molecule has 0 bridgehead atoms. The second-order valence-corrected chi connectivity index (χ2v) is 6.20. The first kappa shape index (κ1) is 16.2. The molecular weight excluding hydrogens is 332 g/mol. The lowest BCUT2D eigenvalue weighted by molar-refractivity contribution is 0.0705. The van der Waals surface area contributed by atoms with Crippen molar-refractivity contribution in [2.75, 3.05) is 18.8 Å². The van der Waals surface area contributed by atoms with E-state index >= 15 is 0 Å². The number of piperidine rings is 1. The Balaban J connectivity index is 1.42. The first-order chi connectivity index (χ1) is 12.7. The number of anilines is 1. The zero-order chi connectivity index (χ0) is 17.9. The minimum absolute atomic E-state index is 0.0349. The van der Waals surface area contributed by atoms with Crippen molar-refractivity contribution < 1.29 is 9.32 Å². The summed E-state index contributed by atoms with van der Waals surface area (Å²) in [5.41, 5.74) is 7.55. The molecule has 1 fully saturated rings. The summed E-state index contributed by atoms with van der Waals surface area (Å²) < 4.78 is 5.41. The third-order valence-electron chi connectivity index (χ3n) is 4.56. The number of aromatic nitrogens is 4. The van der Waals surface area contributed by atoms with Gasteiger partial charge in [-0.1, -0.05) is 17.3 Å². The molecule has 0 atom stereocenters. The van der Waals surface area contributed by atoms with Gasteiger partial charge in [0, 0.05) is 37.1 Å². The van der Waals surface area contributed by atoms with Crippen molar-refractivity contribution in [2.24, 2.45) is 0 Å². The van der Waals surface area contributed by atoms with Gasteiger partial charge in [0.15, 0.2) is 0 Å². The van der Waals surface area contributed by atoms with E-state index in [1.165, 1.54) is 0 Å². The fraction of sp³-hybridized carbons (Fsp3) is 0.278. The molecule has 0 spiro atoms. The second kappa shape index (κ2) is 6.91. The number of nitrogen functional groups attached to an aromatic ring is 1. The number of amides is 1. The highest BCUT2D eigenvalue weighted by Crippen LogP contribution is 2.29. The Morgan fingerprint density at radius 2 is 2.00 bits per heavy atom. The first-order valence-electron chi connectivity index (χ1n) is 8.46. The van der Waals surface area contributed by atoms with Crippen LogP contribution in [-0.2, 0) is 0 Å². The van der Waals surface area contributed by atoms with Gasteiger partial charge < -0.3 is 15.2 Å². The van der Waals surface area contributed by atoms with Crippen LogP contribution in [0.15, 0.2) is 47.4 Å². The van der Waals surface area contributed by atoms with Gasteiger partial charge in [-0.2, -0.15) is 4.98 Å². The molecule has 2 N–H and O–H groups in total. The highest BCUT2D eigenvalue weighted by Gasteiger charge is 2.28. The van der Waals surface area contributed by atoms with Gasteiger partial charge in [0.1, 0.15) is 5.69 Å². The van der Waals surface area contributed by atoms with Crippen LogP contribution in [0.2, 0.25) is 0 Å². The van der Waals surface area contributed by atoms with Crippen LogP contribution in [0.3, 0.4) is 0 Å². The Morgan fingerprint density at radius 1 is 1.19 bits per heavy atom. The molecule has 1 aliphatic rings. The number of para-hydroxylation sites is 1. The van der Waals surface area contributed by atoms with E-state index in [0.717, 1.165) is 12.8 Å². The van der Waals surface area contributed by atoms with Crippen molar-refractivity contribution in [1.82, 2.24) is 25.0 Å². The molecule has 8 nitrogen and oxygen atoms in total. The number of nitrogens with two attached hydrogens (primary N) is 1. The van der Waals surface area contributed by atoms with Crippen molar-refractivity contribution in [1.29, 1.82) is 0 Å². The van der Waals surface area contributed by atoms with E-state index in [4.69, 9.17) is 10.3 Å². The molecule has 1 amide bonds. The van der Waals surface area contributed by atoms with Crippen molar-refractivity contribution in [3.63, 3.8) is 0 Å². The van der Waals surface area contributed by atoms with Gasteiger partial charge in [-0.25, -0.2) is 4.98 Å². The topological polar surface area (TPSA) is 111 Å². The van der Waals surface area contributed by atoms with E-state index in [2.05, 4.69) is 20.1 Å². The Bertz CT molecular complexity index is 903. The summed E-state index contributed by atoms with van der Waals surface area (Å²) in [6.45, 7) is 1.25. The summed E-state index contributed by atoms with van der Waals surface area (Å²) in [7, 11) is 0. The molecule has 4 rings (SSSR count). The molecule has 132 valence electrons. The quantitative estimate of drug-likeness (QED) is 0.720. The fourth-order valence-corrected chi connectivity index (χ4v) is 3.11. The zero-order valence-corrected chi connectivity index (χ0v) is 14.1. The lowest BCUT2D eigenvalue weighted by Crippen LogP contribution is -2.38. The summed E-state index contributed by atoms with van der Waals surface area (Å²) in [6, 6.07) is 7.15. The number of rotatable bonds is 3. The van der Waals surface area contributed by atoms with Crippen molar-refractivity contribution in [3.05, 3.63) is 54.3 Å². The summed E-state index contributed by atoms with van der Waals surface area (Å²) >= 11 is 0. The molecule has 3 heterocycles. The molecule has 2 aromatic heterocycles. The summed E-state index contributed by atoms with van der Waals surface area (Å²) in [5, 5.41) is 3.99. The Labute approximate surface area is 150 Å². The number of benzene rings is 1. The van der Waals surface area contributed by atoms with Gasteiger partial charge in [-0.05, 0) is 25.0 Å². The second-order valence-electron chi connectivity index (χ2n) is 6.20. The predicted octanol–water partition coefficient (Wildman–Crippen LogP) is 2.13. The van der Waals surface area contributed by atoms with Crippen molar-refractivity contribution >= 4 is 11.6 Å². The third-order valence-corrected chi connectivity index (χ3v) is 4.56. The maximum absolute atomic E-state index is 12.6. The van der Waals surface area contributed by atoms with Crippen molar-refractivity contribution in [3.8, 4) is 11.5 Å². The molecule has 0 unspecified atom stereocenters. The Hall–Kier alpha value is -3.29. The van der Waals surface area contributed by atoms with Crippen LogP contribution in [0.5, 0.6) is 0 Å². The smallest absolute Gasteiger partial charge is 0.255 e. The Morgan fingerprint density at radius 3 is 2.73 bits per heavy atom. The SMILES string of the molecule is Nc1ccccc1C(=O)N1CCC(c2nc(-c3cnccn3)no2)CC1. The number of nitrogens with zero attached hydrogens (tertiary/aromatic N) is 5. The molecule has 0 saturated carbocycles. The monoisotopic (exact) mass is 350 g/mol. The number of carbonyl (C=O) groups excluding carboxylic acids is 1. The van der Waals surface area contributed by atoms with Gasteiger partial charge >= 0.3 is 0 Å². The largest absolute Gasteiger partial charge is 0.398 e. The van der Waals surface area contributed by atoms with Crippen LogP contribution in [0.25, 0.3) is 11.5 Å². The van der Waals surface area contributed by atoms with Gasteiger partial charge in [0.2, 0.25) is 11.7 Å². The summed E-state index contributed by atoms with van der Waals surface area (Å²) in [6.07, 6.45) is 6.31. The average Bonchev–Trinajstić information content (AvgIpc) is 3.19. The molecule has 3 aromatic rings. The van der Waals surface area contributed by atoms with E-state index in [1.54, 1.807) is 30.7 Å². The summed E-state index contributed by atoms with van der Waals surface area (Å²) in [4.78, 5) is 27.1. The van der Waals surface area contributed by atoms with E-state index in [9.17, 15) is 4.79 Å². The summed E-state index contributed by atoms with van der Waals surface area (Å²) in [5.74, 6) is 1.11. The predicted molar refractivity (Wildman–Crippen MR) is 94.1 cm³/mol. The number of likely N-dealkylation sites (tertiary alicyclic amines) is 1. The molecular formula is C18H18N6O2. The van der Waals surface area contributed by atoms with Crippen LogP contribution >= 0.6 is 0 Å². The van der Waals surface area contributed by atoms with Gasteiger partial charge in [-0.3, -0.25) is 9.78 Å². The van der Waals surface area contributed by atoms with E-state index < -0.39 is 0 Å². The van der Waals surface area contributed by atoms with Crippen LogP contribution in [-0.4, -0.2) is 44.0 Å². The molecule has 8 heteroatoms. The van der Waals surface area contributed by atoms with E-state index in [-0.39, 0.29) is 11.8 Å². The minimum atomic E-state index is -0.0349. The van der Waals surface area contributed by atoms with Crippen LogP contribution in [0.4, 0.5) is 5.69 Å². The highest BCUT2D eigenvalue weighted by molar-refractivity contribution is 5.99. The lowest BCUT2D eigenvalue weighted by Gasteiger charge is -2.30. The molecule has 26 heavy (non-hydrogen) atoms. The number of hydrogen-bond acceptors (Lipinski definition) is 7. The maximum Gasteiger partial charge on any atom is 0.255 e. The zero-order valence-electron chi connectivity index (χ0n) is 14.1. The highest BCUT2D eigenvalue weighted by atomic mass is 16.5. The van der Waals surface area contributed by atoms with Crippen LogP contribution < -0.4 is 5.73 Å². The van der Waals surface area contributed by atoms with Crippen LogP contribution in [0.1, 0.15) is 35.0 Å². The lowest BCUT2D eigenvalue weighted by atomic mass is 9.96. The first-order valence-corrected chi connectivity index (χ1v) is 8.46.